The van der Waals surface area contributed by atoms with Crippen molar-refractivity contribution in [1.29, 1.82) is 0 Å². The smallest absolute Gasteiger partial charge is 0.252 e. The average molecular weight is 308 g/mol. The molecule has 5 nitrogen and oxygen atoms in total. The number of methoxy groups -OCH3 is 1. The molecule has 0 fully saturated rings. The van der Waals surface area contributed by atoms with Crippen molar-refractivity contribution in [3.63, 3.8) is 0 Å². The molecule has 0 bridgehead atoms. The van der Waals surface area contributed by atoms with Gasteiger partial charge in [-0.3, -0.25) is 9.78 Å². The second kappa shape index (κ2) is 7.13. The molecule has 1 aromatic heterocycles. The second-order valence-corrected chi connectivity index (χ2v) is 5.09. The monoisotopic (exact) mass is 307 g/mol. The lowest BCUT2D eigenvalue weighted by Gasteiger charge is -2.11. The molecule has 0 aliphatic carbocycles. The third-order valence-corrected chi connectivity index (χ3v) is 3.23. The molecule has 0 spiro atoms. The first-order valence-electron chi connectivity index (χ1n) is 6.83. The number of aryl methyl sites for hydroxylation is 1. The average Bonchev–Trinajstić information content (AvgIpc) is 2.45. The highest BCUT2D eigenvalue weighted by Crippen LogP contribution is 2.29. The van der Waals surface area contributed by atoms with Crippen LogP contribution < -0.4 is 15.6 Å². The number of unbranched alkanes of at least 4 members (excludes halogenated alkanes) is 1. The summed E-state index contributed by atoms with van der Waals surface area (Å²) in [4.78, 5) is 18.8. The van der Waals surface area contributed by atoms with Crippen LogP contribution in [0.15, 0.2) is 29.1 Å². The van der Waals surface area contributed by atoms with Gasteiger partial charge in [-0.05, 0) is 31.0 Å². The van der Waals surface area contributed by atoms with Gasteiger partial charge in [0.15, 0.2) is 0 Å². The van der Waals surface area contributed by atoms with E-state index in [9.17, 15) is 4.79 Å². The number of aromatic amines is 1. The van der Waals surface area contributed by atoms with E-state index in [2.05, 4.69) is 22.2 Å². The Bertz CT molecular complexity index is 670. The van der Waals surface area contributed by atoms with Gasteiger partial charge in [-0.15, -0.1) is 0 Å². The predicted molar refractivity (Wildman–Crippen MR) is 84.8 cm³/mol. The van der Waals surface area contributed by atoms with Crippen LogP contribution in [0.25, 0.3) is 0 Å². The van der Waals surface area contributed by atoms with Gasteiger partial charge in [0.2, 0.25) is 5.95 Å². The number of nitrogens with zero attached hydrogens (tertiary/aromatic N) is 1. The summed E-state index contributed by atoms with van der Waals surface area (Å²) in [5.41, 5.74) is 1.24. The largest absolute Gasteiger partial charge is 0.495 e. The fourth-order valence-corrected chi connectivity index (χ4v) is 2.13. The number of aromatic nitrogens is 2. The number of nitrogens with one attached hydrogen (secondary N) is 2. The van der Waals surface area contributed by atoms with E-state index in [1.165, 1.54) is 6.07 Å². The molecule has 0 atom stereocenters. The maximum atomic E-state index is 11.7. The maximum Gasteiger partial charge on any atom is 0.252 e. The van der Waals surface area contributed by atoms with Crippen molar-refractivity contribution in [2.75, 3.05) is 12.4 Å². The molecular weight excluding hydrogens is 290 g/mol. The SMILES string of the molecule is CCCCc1cc(=O)[nH]c(Nc2cc(Cl)ccc2OC)n1. The van der Waals surface area contributed by atoms with Gasteiger partial charge in [-0.25, -0.2) is 4.98 Å². The van der Waals surface area contributed by atoms with E-state index in [4.69, 9.17) is 16.3 Å². The maximum absolute atomic E-state index is 11.7. The van der Waals surface area contributed by atoms with Gasteiger partial charge in [0.1, 0.15) is 5.75 Å². The van der Waals surface area contributed by atoms with E-state index in [1.807, 2.05) is 0 Å². The van der Waals surface area contributed by atoms with E-state index in [0.717, 1.165) is 25.0 Å². The van der Waals surface area contributed by atoms with Crippen molar-refractivity contribution in [3.8, 4) is 5.75 Å². The molecule has 2 N–H and O–H groups in total. The van der Waals surface area contributed by atoms with Crippen LogP contribution in [0.5, 0.6) is 5.75 Å². The summed E-state index contributed by atoms with van der Waals surface area (Å²) in [7, 11) is 1.57. The lowest BCUT2D eigenvalue weighted by atomic mass is 10.2. The highest BCUT2D eigenvalue weighted by atomic mass is 35.5. The number of rotatable bonds is 6. The summed E-state index contributed by atoms with van der Waals surface area (Å²) in [5.74, 6) is 1.01. The molecule has 0 saturated carbocycles. The van der Waals surface area contributed by atoms with E-state index in [1.54, 1.807) is 25.3 Å². The van der Waals surface area contributed by atoms with Crippen molar-refractivity contribution >= 4 is 23.2 Å². The first-order chi connectivity index (χ1) is 10.1. The quantitative estimate of drug-likeness (QED) is 0.857. The van der Waals surface area contributed by atoms with E-state index in [0.29, 0.717) is 22.4 Å². The lowest BCUT2D eigenvalue weighted by molar-refractivity contribution is 0.417. The lowest BCUT2D eigenvalue weighted by Crippen LogP contribution is -2.12. The minimum Gasteiger partial charge on any atom is -0.495 e. The zero-order valence-corrected chi connectivity index (χ0v) is 12.8. The van der Waals surface area contributed by atoms with Gasteiger partial charge in [0.25, 0.3) is 5.56 Å². The van der Waals surface area contributed by atoms with Crippen LogP contribution in [-0.4, -0.2) is 17.1 Å². The Labute approximate surface area is 128 Å². The number of ether oxygens (including phenoxy) is 1. The molecule has 1 aromatic carbocycles. The van der Waals surface area contributed by atoms with Crippen LogP contribution in [-0.2, 0) is 6.42 Å². The third-order valence-electron chi connectivity index (χ3n) is 3.00. The van der Waals surface area contributed by atoms with Crippen LogP contribution in [0, 0.1) is 0 Å². The topological polar surface area (TPSA) is 67.0 Å². The summed E-state index contributed by atoms with van der Waals surface area (Å²) in [6.45, 7) is 2.10. The summed E-state index contributed by atoms with van der Waals surface area (Å²) >= 11 is 5.98. The van der Waals surface area contributed by atoms with Gasteiger partial charge in [-0.1, -0.05) is 24.9 Å². The van der Waals surface area contributed by atoms with Crippen molar-refractivity contribution in [3.05, 3.63) is 45.3 Å². The van der Waals surface area contributed by atoms with Crippen molar-refractivity contribution in [1.82, 2.24) is 9.97 Å². The van der Waals surface area contributed by atoms with Crippen LogP contribution >= 0.6 is 11.6 Å². The normalized spacial score (nSPS) is 10.4. The van der Waals surface area contributed by atoms with Gasteiger partial charge in [0.05, 0.1) is 12.8 Å². The molecule has 2 aromatic rings. The summed E-state index contributed by atoms with van der Waals surface area (Å²) in [5, 5.41) is 3.62. The van der Waals surface area contributed by atoms with Crippen LogP contribution in [0.1, 0.15) is 25.5 Å². The standard InChI is InChI=1S/C15H18ClN3O2/c1-3-4-5-11-9-14(20)19-15(17-11)18-12-8-10(16)6-7-13(12)21-2/h6-9H,3-5H2,1-2H3,(H2,17,18,19,20). The number of hydrogen-bond acceptors (Lipinski definition) is 4. The van der Waals surface area contributed by atoms with Crippen LogP contribution in [0.3, 0.4) is 0 Å². The Kier molecular flexibility index (Phi) is 5.22. The van der Waals surface area contributed by atoms with Crippen LogP contribution in [0.2, 0.25) is 5.02 Å². The van der Waals surface area contributed by atoms with Gasteiger partial charge in [0, 0.05) is 16.8 Å². The number of benzene rings is 1. The summed E-state index contributed by atoms with van der Waals surface area (Å²) in [6, 6.07) is 6.73. The van der Waals surface area contributed by atoms with Crippen molar-refractivity contribution in [2.45, 2.75) is 26.2 Å². The van der Waals surface area contributed by atoms with E-state index >= 15 is 0 Å². The molecule has 0 radical (unpaired) electrons. The van der Waals surface area contributed by atoms with Crippen molar-refractivity contribution in [2.24, 2.45) is 0 Å². The molecule has 2 rings (SSSR count). The van der Waals surface area contributed by atoms with Gasteiger partial charge in [-0.2, -0.15) is 0 Å². The molecule has 0 unspecified atom stereocenters. The highest BCUT2D eigenvalue weighted by molar-refractivity contribution is 6.30. The first-order valence-corrected chi connectivity index (χ1v) is 7.21. The number of halogens is 1. The van der Waals surface area contributed by atoms with Crippen LogP contribution in [0.4, 0.5) is 11.6 Å². The van der Waals surface area contributed by atoms with Gasteiger partial charge >= 0.3 is 0 Å². The molecule has 1 heterocycles. The number of H-pyrrole nitrogens is 1. The molecule has 6 heteroatoms. The number of hydrogen-bond donors (Lipinski definition) is 2. The molecule has 0 aliphatic heterocycles. The molecular formula is C15H18ClN3O2. The Morgan fingerprint density at radius 2 is 2.19 bits per heavy atom. The Hall–Kier alpha value is -2.01. The van der Waals surface area contributed by atoms with E-state index in [-0.39, 0.29) is 5.56 Å². The molecule has 112 valence electrons. The minimum atomic E-state index is -0.181. The number of anilines is 2. The molecule has 0 aliphatic rings. The fraction of sp³-hybridized carbons (Fsp3) is 0.333. The zero-order valence-electron chi connectivity index (χ0n) is 12.1. The summed E-state index contributed by atoms with van der Waals surface area (Å²) in [6.07, 6.45) is 2.83. The Morgan fingerprint density at radius 3 is 2.90 bits per heavy atom. The third kappa shape index (κ3) is 4.23. The van der Waals surface area contributed by atoms with E-state index < -0.39 is 0 Å². The fourth-order valence-electron chi connectivity index (χ4n) is 1.96. The second-order valence-electron chi connectivity index (χ2n) is 4.66. The molecule has 0 saturated heterocycles. The minimum absolute atomic E-state index is 0.181. The highest BCUT2D eigenvalue weighted by Gasteiger charge is 2.07. The molecule has 0 amide bonds. The first kappa shape index (κ1) is 15.4. The predicted octanol–water partition coefficient (Wildman–Crippen LogP) is 3.52. The van der Waals surface area contributed by atoms with Crippen molar-refractivity contribution < 1.29 is 4.74 Å². The molecule has 21 heavy (non-hydrogen) atoms. The van der Waals surface area contributed by atoms with Gasteiger partial charge < -0.3 is 10.1 Å². The Balaban J connectivity index is 2.28. The summed E-state index contributed by atoms with van der Waals surface area (Å²) < 4.78 is 5.26. The zero-order chi connectivity index (χ0) is 15.2. The Morgan fingerprint density at radius 1 is 1.38 bits per heavy atom.